The molecule has 0 N–H and O–H groups in total. The number of hydrogen-bond donors (Lipinski definition) is 0. The van der Waals surface area contributed by atoms with E-state index >= 15 is 0 Å². The lowest BCUT2D eigenvalue weighted by atomic mass is 9.92. The fourth-order valence-electron chi connectivity index (χ4n) is 8.17. The van der Waals surface area contributed by atoms with Gasteiger partial charge in [0.05, 0.1) is 22.1 Å². The molecule has 0 spiro atoms. The summed E-state index contributed by atoms with van der Waals surface area (Å²) in [5.74, 6) is 0.652. The number of rotatable bonds is 3. The van der Waals surface area contributed by atoms with E-state index in [-0.39, 0.29) is 0 Å². The Morgan fingerprint density at radius 2 is 0.780 bits per heavy atom. The number of aromatic nitrogens is 4. The summed E-state index contributed by atoms with van der Waals surface area (Å²) in [4.78, 5) is 10.1. The minimum atomic E-state index is 0.652. The van der Waals surface area contributed by atoms with Crippen LogP contribution < -0.4 is 0 Å². The van der Waals surface area contributed by atoms with Crippen molar-refractivity contribution in [2.45, 2.75) is 0 Å². The molecule has 11 rings (SSSR count). The van der Waals surface area contributed by atoms with Gasteiger partial charge in [-0.1, -0.05) is 115 Å². The quantitative estimate of drug-likeness (QED) is 0.181. The fourth-order valence-corrected chi connectivity index (χ4v) is 8.17. The number of nitrogens with zero attached hydrogens (tertiary/aromatic N) is 4. The van der Waals surface area contributed by atoms with Crippen LogP contribution in [0.5, 0.6) is 0 Å². The molecule has 3 heterocycles. The predicted octanol–water partition coefficient (Wildman–Crippen LogP) is 11.8. The van der Waals surface area contributed by atoms with Gasteiger partial charge in [0.25, 0.3) is 0 Å². The Labute approximate surface area is 287 Å². The van der Waals surface area contributed by atoms with Crippen molar-refractivity contribution in [2.24, 2.45) is 0 Å². The number of hydrogen-bond acceptors (Lipinski definition) is 2. The zero-order valence-corrected chi connectivity index (χ0v) is 27.0. The lowest BCUT2D eigenvalue weighted by molar-refractivity contribution is 0.990. The number of benzene rings is 8. The van der Waals surface area contributed by atoms with Crippen molar-refractivity contribution in [1.29, 1.82) is 0 Å². The zero-order valence-electron chi connectivity index (χ0n) is 27.0. The topological polar surface area (TPSA) is 35.6 Å². The van der Waals surface area contributed by atoms with E-state index in [0.29, 0.717) is 5.95 Å². The van der Waals surface area contributed by atoms with Crippen LogP contribution >= 0.6 is 0 Å². The summed E-state index contributed by atoms with van der Waals surface area (Å²) in [6.45, 7) is 0. The molecule has 0 aliphatic heterocycles. The van der Waals surface area contributed by atoms with Crippen LogP contribution in [0.2, 0.25) is 0 Å². The molecule has 3 aromatic heterocycles. The maximum absolute atomic E-state index is 5.04. The molecule has 0 amide bonds. The largest absolute Gasteiger partial charge is 0.309 e. The van der Waals surface area contributed by atoms with Gasteiger partial charge in [-0.25, -0.2) is 9.97 Å². The monoisotopic (exact) mass is 636 g/mol. The van der Waals surface area contributed by atoms with Gasteiger partial charge < -0.3 is 4.57 Å². The summed E-state index contributed by atoms with van der Waals surface area (Å²) in [6.07, 6.45) is 3.93. The Balaban J connectivity index is 1.11. The third kappa shape index (κ3) is 3.81. The van der Waals surface area contributed by atoms with Gasteiger partial charge in [-0.15, -0.1) is 0 Å². The normalized spacial score (nSPS) is 12.0. The highest BCUT2D eigenvalue weighted by Crippen LogP contribution is 2.40. The summed E-state index contributed by atoms with van der Waals surface area (Å²) >= 11 is 0. The smallest absolute Gasteiger partial charge is 0.234 e. The predicted molar refractivity (Wildman–Crippen MR) is 209 cm³/mol. The minimum absolute atomic E-state index is 0.652. The molecule has 0 saturated carbocycles. The molecule has 50 heavy (non-hydrogen) atoms. The first-order valence-electron chi connectivity index (χ1n) is 17.0. The highest BCUT2D eigenvalue weighted by atomic mass is 15.1. The lowest BCUT2D eigenvalue weighted by Crippen LogP contribution is -2.01. The molecule has 11 aromatic rings. The van der Waals surface area contributed by atoms with E-state index in [2.05, 4.69) is 167 Å². The molecular weight excluding hydrogens is 609 g/mol. The van der Waals surface area contributed by atoms with Crippen LogP contribution in [0.15, 0.2) is 170 Å². The van der Waals surface area contributed by atoms with Gasteiger partial charge in [-0.3, -0.25) is 4.57 Å². The number of para-hydroxylation sites is 3. The van der Waals surface area contributed by atoms with Crippen LogP contribution in [-0.2, 0) is 0 Å². The molecule has 4 nitrogen and oxygen atoms in total. The first-order chi connectivity index (χ1) is 24.8. The Morgan fingerprint density at radius 1 is 0.300 bits per heavy atom. The van der Waals surface area contributed by atoms with Gasteiger partial charge in [0, 0.05) is 45.2 Å². The lowest BCUT2D eigenvalue weighted by Gasteiger charge is -2.12. The van der Waals surface area contributed by atoms with Gasteiger partial charge in [-0.2, -0.15) is 0 Å². The maximum Gasteiger partial charge on any atom is 0.234 e. The van der Waals surface area contributed by atoms with E-state index < -0.39 is 0 Å². The average molecular weight is 637 g/mol. The molecule has 8 aromatic carbocycles. The summed E-state index contributed by atoms with van der Waals surface area (Å²) in [6, 6.07) is 56.6. The van der Waals surface area contributed by atoms with E-state index in [1.165, 1.54) is 59.4 Å². The molecule has 0 atom stereocenters. The van der Waals surface area contributed by atoms with Crippen LogP contribution in [0.1, 0.15) is 0 Å². The van der Waals surface area contributed by atoms with Crippen molar-refractivity contribution >= 4 is 75.9 Å². The van der Waals surface area contributed by atoms with Crippen LogP contribution in [0.4, 0.5) is 0 Å². The molecule has 4 heteroatoms. The summed E-state index contributed by atoms with van der Waals surface area (Å²) in [5, 5.41) is 12.4. The van der Waals surface area contributed by atoms with Crippen molar-refractivity contribution in [3.8, 4) is 22.8 Å². The van der Waals surface area contributed by atoms with Gasteiger partial charge in [0.1, 0.15) is 0 Å². The van der Waals surface area contributed by atoms with Crippen molar-refractivity contribution in [3.63, 3.8) is 0 Å². The Bertz CT molecular complexity index is 3100. The van der Waals surface area contributed by atoms with Crippen LogP contribution in [0.3, 0.4) is 0 Å². The van der Waals surface area contributed by atoms with Gasteiger partial charge in [-0.05, 0) is 80.3 Å². The second-order valence-electron chi connectivity index (χ2n) is 13.1. The summed E-state index contributed by atoms with van der Waals surface area (Å²) < 4.78 is 4.57. The van der Waals surface area contributed by atoms with E-state index in [0.717, 1.165) is 33.4 Å². The second kappa shape index (κ2) is 10.4. The molecule has 0 saturated heterocycles. The SMILES string of the molecule is c1ccc(-n2c3ccccc3c3cc4c5ccccc5n(-c5ncc(-c6ccc7c8ccccc8c8ccccc8c7c6)cn5)c4cc32)cc1. The third-order valence-electron chi connectivity index (χ3n) is 10.4. The molecule has 232 valence electrons. The molecule has 0 radical (unpaired) electrons. The van der Waals surface area contributed by atoms with Crippen molar-refractivity contribution < 1.29 is 0 Å². The van der Waals surface area contributed by atoms with E-state index in [1.807, 2.05) is 12.4 Å². The Kier molecular flexibility index (Phi) is 5.63. The van der Waals surface area contributed by atoms with E-state index in [9.17, 15) is 0 Å². The number of fused-ring (bicyclic) bond motifs is 12. The first-order valence-corrected chi connectivity index (χ1v) is 17.0. The summed E-state index contributed by atoms with van der Waals surface area (Å²) in [5.41, 5.74) is 7.73. The van der Waals surface area contributed by atoms with Gasteiger partial charge in [0.2, 0.25) is 5.95 Å². The molecule has 0 aliphatic carbocycles. The Morgan fingerprint density at radius 3 is 1.40 bits per heavy atom. The molecular formula is C46H28N4. The third-order valence-corrected chi connectivity index (χ3v) is 10.4. The average Bonchev–Trinajstić information content (AvgIpc) is 3.69. The highest BCUT2D eigenvalue weighted by Gasteiger charge is 2.19. The van der Waals surface area contributed by atoms with Crippen molar-refractivity contribution in [1.82, 2.24) is 19.1 Å². The van der Waals surface area contributed by atoms with E-state index in [4.69, 9.17) is 9.97 Å². The molecule has 0 unspecified atom stereocenters. The van der Waals surface area contributed by atoms with E-state index in [1.54, 1.807) is 0 Å². The maximum atomic E-state index is 5.04. The standard InChI is InChI=1S/C46H28N4/c1-2-12-31(13-3-1)49-42-20-10-8-18-37(42)40-25-41-38-19-9-11-21-43(38)50(45(41)26-44(40)49)46-47-27-30(28-48-46)29-22-23-36-34-16-5-4-14-32(34)33-15-6-7-17-35(33)39(36)24-29/h1-28H. The zero-order chi connectivity index (χ0) is 32.8. The minimum Gasteiger partial charge on any atom is -0.309 e. The molecule has 0 aliphatic rings. The Hall–Kier alpha value is -6.78. The van der Waals surface area contributed by atoms with Gasteiger partial charge in [0.15, 0.2) is 0 Å². The van der Waals surface area contributed by atoms with Crippen LogP contribution in [0, 0.1) is 0 Å². The first kappa shape index (κ1) is 27.2. The molecule has 0 fully saturated rings. The van der Waals surface area contributed by atoms with Crippen LogP contribution in [-0.4, -0.2) is 19.1 Å². The summed E-state index contributed by atoms with van der Waals surface area (Å²) in [7, 11) is 0. The highest BCUT2D eigenvalue weighted by molar-refractivity contribution is 6.26. The van der Waals surface area contributed by atoms with Gasteiger partial charge >= 0.3 is 0 Å². The van der Waals surface area contributed by atoms with Crippen molar-refractivity contribution in [2.75, 3.05) is 0 Å². The fraction of sp³-hybridized carbons (Fsp3) is 0. The second-order valence-corrected chi connectivity index (χ2v) is 13.1. The van der Waals surface area contributed by atoms with Crippen molar-refractivity contribution in [3.05, 3.63) is 170 Å². The van der Waals surface area contributed by atoms with Crippen LogP contribution in [0.25, 0.3) is 98.7 Å². The molecule has 0 bridgehead atoms.